The number of rotatable bonds is 5. The Hall–Kier alpha value is -0.610. The molecule has 4 heteroatoms. The van der Waals surface area contributed by atoms with Crippen LogP contribution in [0.15, 0.2) is 0 Å². The van der Waals surface area contributed by atoms with E-state index in [9.17, 15) is 9.90 Å². The van der Waals surface area contributed by atoms with E-state index in [1.54, 1.807) is 0 Å². The molecule has 1 aliphatic rings. The summed E-state index contributed by atoms with van der Waals surface area (Å²) in [5.74, 6) is -0.154. The van der Waals surface area contributed by atoms with E-state index >= 15 is 0 Å². The number of nitrogens with zero attached hydrogens (tertiary/aromatic N) is 1. The van der Waals surface area contributed by atoms with Crippen molar-refractivity contribution in [3.05, 3.63) is 0 Å². The first-order valence-electron chi connectivity index (χ1n) is 5.98. The maximum absolute atomic E-state index is 11.0. The maximum atomic E-state index is 11.0. The van der Waals surface area contributed by atoms with Crippen LogP contribution >= 0.6 is 0 Å². The second-order valence-corrected chi connectivity index (χ2v) is 5.03. The SMILES string of the molecule is COC(=O)CCCN1CCCC1C(C)(C)O. The fourth-order valence-corrected chi connectivity index (χ4v) is 2.42. The molecule has 1 atom stereocenters. The highest BCUT2D eigenvalue weighted by atomic mass is 16.5. The van der Waals surface area contributed by atoms with Gasteiger partial charge in [-0.2, -0.15) is 0 Å². The van der Waals surface area contributed by atoms with Gasteiger partial charge in [-0.1, -0.05) is 0 Å². The number of methoxy groups -OCH3 is 1. The minimum absolute atomic E-state index is 0.154. The van der Waals surface area contributed by atoms with E-state index < -0.39 is 5.60 Å². The average Bonchev–Trinajstić information content (AvgIpc) is 2.65. The van der Waals surface area contributed by atoms with E-state index in [1.165, 1.54) is 7.11 Å². The Morgan fingerprint density at radius 2 is 2.25 bits per heavy atom. The Kier molecular flexibility index (Phi) is 4.74. The number of likely N-dealkylation sites (tertiary alicyclic amines) is 1. The molecule has 0 aliphatic carbocycles. The maximum Gasteiger partial charge on any atom is 0.305 e. The Bertz CT molecular complexity index is 235. The standard InChI is InChI=1S/C12H23NO3/c1-12(2,15)10-6-4-8-13(10)9-5-7-11(14)16-3/h10,15H,4-9H2,1-3H3. The first-order valence-corrected chi connectivity index (χ1v) is 5.98. The molecule has 0 amide bonds. The average molecular weight is 229 g/mol. The lowest BCUT2D eigenvalue weighted by Crippen LogP contribution is -2.45. The molecule has 0 saturated carbocycles. The fourth-order valence-electron chi connectivity index (χ4n) is 2.42. The van der Waals surface area contributed by atoms with E-state index in [1.807, 2.05) is 13.8 Å². The predicted molar refractivity (Wildman–Crippen MR) is 62.1 cm³/mol. The van der Waals surface area contributed by atoms with Crippen molar-refractivity contribution >= 4 is 5.97 Å². The van der Waals surface area contributed by atoms with E-state index in [2.05, 4.69) is 9.64 Å². The van der Waals surface area contributed by atoms with Gasteiger partial charge in [0, 0.05) is 12.5 Å². The summed E-state index contributed by atoms with van der Waals surface area (Å²) < 4.78 is 4.60. The van der Waals surface area contributed by atoms with Crippen molar-refractivity contribution in [3.63, 3.8) is 0 Å². The van der Waals surface area contributed by atoms with E-state index in [0.717, 1.165) is 32.4 Å². The second kappa shape index (κ2) is 5.64. The molecular formula is C12H23NO3. The number of hydrogen-bond acceptors (Lipinski definition) is 4. The summed E-state index contributed by atoms with van der Waals surface area (Å²) in [6, 6.07) is 0.227. The van der Waals surface area contributed by atoms with Crippen LogP contribution in [0.4, 0.5) is 0 Å². The molecule has 0 aromatic carbocycles. The van der Waals surface area contributed by atoms with Crippen LogP contribution in [-0.2, 0) is 9.53 Å². The van der Waals surface area contributed by atoms with Crippen LogP contribution in [0.2, 0.25) is 0 Å². The normalized spacial score (nSPS) is 22.4. The van der Waals surface area contributed by atoms with Crippen LogP contribution in [-0.4, -0.2) is 47.8 Å². The zero-order valence-corrected chi connectivity index (χ0v) is 10.5. The molecule has 0 radical (unpaired) electrons. The van der Waals surface area contributed by atoms with Gasteiger partial charge in [0.2, 0.25) is 0 Å². The van der Waals surface area contributed by atoms with Crippen LogP contribution in [0.25, 0.3) is 0 Å². The number of carbonyl (C=O) groups is 1. The summed E-state index contributed by atoms with van der Waals surface area (Å²) in [5, 5.41) is 10.0. The van der Waals surface area contributed by atoms with Crippen molar-refractivity contribution in [2.24, 2.45) is 0 Å². The third kappa shape index (κ3) is 3.76. The summed E-state index contributed by atoms with van der Waals surface area (Å²) in [7, 11) is 1.41. The van der Waals surface area contributed by atoms with E-state index in [0.29, 0.717) is 6.42 Å². The number of esters is 1. The summed E-state index contributed by atoms with van der Waals surface area (Å²) in [5.41, 5.74) is -0.651. The smallest absolute Gasteiger partial charge is 0.305 e. The predicted octanol–water partition coefficient (Wildman–Crippen LogP) is 1.17. The molecule has 4 nitrogen and oxygen atoms in total. The van der Waals surface area contributed by atoms with Crippen LogP contribution in [0.1, 0.15) is 39.5 Å². The topological polar surface area (TPSA) is 49.8 Å². The van der Waals surface area contributed by atoms with E-state index in [-0.39, 0.29) is 12.0 Å². The Morgan fingerprint density at radius 1 is 1.56 bits per heavy atom. The van der Waals surface area contributed by atoms with Gasteiger partial charge >= 0.3 is 5.97 Å². The molecule has 1 aliphatic heterocycles. The van der Waals surface area contributed by atoms with Crippen molar-refractivity contribution in [1.29, 1.82) is 0 Å². The van der Waals surface area contributed by atoms with Crippen LogP contribution < -0.4 is 0 Å². The van der Waals surface area contributed by atoms with Crippen molar-refractivity contribution < 1.29 is 14.6 Å². The van der Waals surface area contributed by atoms with Gasteiger partial charge in [-0.05, 0) is 46.2 Å². The van der Waals surface area contributed by atoms with Gasteiger partial charge in [0.05, 0.1) is 12.7 Å². The summed E-state index contributed by atoms with van der Waals surface area (Å²) in [4.78, 5) is 13.3. The van der Waals surface area contributed by atoms with E-state index in [4.69, 9.17) is 0 Å². The zero-order chi connectivity index (χ0) is 12.2. The zero-order valence-electron chi connectivity index (χ0n) is 10.5. The van der Waals surface area contributed by atoms with Crippen molar-refractivity contribution in [1.82, 2.24) is 4.90 Å². The second-order valence-electron chi connectivity index (χ2n) is 5.03. The van der Waals surface area contributed by atoms with Gasteiger partial charge in [-0.25, -0.2) is 0 Å². The molecule has 1 heterocycles. The number of carbonyl (C=O) groups excluding carboxylic acids is 1. The number of hydrogen-bond donors (Lipinski definition) is 1. The molecule has 1 saturated heterocycles. The molecule has 0 bridgehead atoms. The van der Waals surface area contributed by atoms with Gasteiger partial charge in [0.1, 0.15) is 0 Å². The molecule has 0 aromatic heterocycles. The van der Waals surface area contributed by atoms with Crippen LogP contribution in [0.5, 0.6) is 0 Å². The fraction of sp³-hybridized carbons (Fsp3) is 0.917. The van der Waals surface area contributed by atoms with Crippen LogP contribution in [0, 0.1) is 0 Å². The van der Waals surface area contributed by atoms with Gasteiger partial charge in [-0.3, -0.25) is 9.69 Å². The van der Waals surface area contributed by atoms with Gasteiger partial charge < -0.3 is 9.84 Å². The minimum Gasteiger partial charge on any atom is -0.469 e. The summed E-state index contributed by atoms with van der Waals surface area (Å²) in [6.07, 6.45) is 3.44. The third-order valence-electron chi connectivity index (χ3n) is 3.23. The molecule has 1 N–H and O–H groups in total. The van der Waals surface area contributed by atoms with Crippen molar-refractivity contribution in [2.45, 2.75) is 51.2 Å². The van der Waals surface area contributed by atoms with Gasteiger partial charge in [-0.15, -0.1) is 0 Å². The molecule has 1 fully saturated rings. The molecule has 0 aromatic rings. The molecule has 94 valence electrons. The molecule has 1 unspecified atom stereocenters. The molecule has 1 rings (SSSR count). The van der Waals surface area contributed by atoms with Crippen molar-refractivity contribution in [3.8, 4) is 0 Å². The lowest BCUT2D eigenvalue weighted by Gasteiger charge is -2.33. The van der Waals surface area contributed by atoms with Gasteiger partial charge in [0.15, 0.2) is 0 Å². The first kappa shape index (κ1) is 13.5. The quantitative estimate of drug-likeness (QED) is 0.719. The Morgan fingerprint density at radius 3 is 2.81 bits per heavy atom. The molecule has 0 spiro atoms. The minimum atomic E-state index is -0.651. The molecular weight excluding hydrogens is 206 g/mol. The first-order chi connectivity index (χ1) is 7.45. The lowest BCUT2D eigenvalue weighted by molar-refractivity contribution is -0.140. The third-order valence-corrected chi connectivity index (χ3v) is 3.23. The summed E-state index contributed by atoms with van der Waals surface area (Å²) in [6.45, 7) is 5.60. The van der Waals surface area contributed by atoms with Crippen LogP contribution in [0.3, 0.4) is 0 Å². The highest BCUT2D eigenvalue weighted by molar-refractivity contribution is 5.69. The number of ether oxygens (including phenoxy) is 1. The van der Waals surface area contributed by atoms with Crippen molar-refractivity contribution in [2.75, 3.05) is 20.2 Å². The van der Waals surface area contributed by atoms with Gasteiger partial charge in [0.25, 0.3) is 0 Å². The monoisotopic (exact) mass is 229 g/mol. The summed E-state index contributed by atoms with van der Waals surface area (Å²) >= 11 is 0. The Labute approximate surface area is 97.6 Å². The lowest BCUT2D eigenvalue weighted by atomic mass is 9.96. The molecule has 16 heavy (non-hydrogen) atoms. The Balaban J connectivity index is 2.33. The highest BCUT2D eigenvalue weighted by Gasteiger charge is 2.35. The highest BCUT2D eigenvalue weighted by Crippen LogP contribution is 2.26. The number of aliphatic hydroxyl groups is 1. The largest absolute Gasteiger partial charge is 0.469 e.